The molecule has 0 bridgehead atoms. The SMILES string of the molecule is COc1ccc2c(C(=O)O)cc(-c3ccccc3OC(F)F)nc2c1. The normalized spacial score (nSPS) is 10.9. The highest BCUT2D eigenvalue weighted by atomic mass is 19.3. The first-order valence-corrected chi connectivity index (χ1v) is 7.26. The lowest BCUT2D eigenvalue weighted by Gasteiger charge is -2.12. The number of pyridine rings is 1. The fraction of sp³-hybridized carbons (Fsp3) is 0.111. The second kappa shape index (κ2) is 6.72. The molecule has 0 aliphatic heterocycles. The van der Waals surface area contributed by atoms with Gasteiger partial charge in [-0.25, -0.2) is 9.78 Å². The number of halogens is 2. The third-order valence-electron chi connectivity index (χ3n) is 3.63. The molecule has 5 nitrogen and oxygen atoms in total. The third-order valence-corrected chi connectivity index (χ3v) is 3.63. The van der Waals surface area contributed by atoms with Crippen LogP contribution in [0.5, 0.6) is 11.5 Å². The van der Waals surface area contributed by atoms with Crippen LogP contribution in [0.15, 0.2) is 48.5 Å². The number of fused-ring (bicyclic) bond motifs is 1. The molecule has 0 atom stereocenters. The zero-order valence-corrected chi connectivity index (χ0v) is 13.1. The molecule has 0 spiro atoms. The molecule has 1 heterocycles. The van der Waals surface area contributed by atoms with E-state index in [2.05, 4.69) is 9.72 Å². The maximum absolute atomic E-state index is 12.6. The van der Waals surface area contributed by atoms with E-state index < -0.39 is 12.6 Å². The lowest BCUT2D eigenvalue weighted by atomic mass is 10.0. The zero-order valence-electron chi connectivity index (χ0n) is 13.1. The van der Waals surface area contributed by atoms with Crippen molar-refractivity contribution >= 4 is 16.9 Å². The van der Waals surface area contributed by atoms with E-state index in [-0.39, 0.29) is 22.6 Å². The molecule has 1 aromatic heterocycles. The number of carboxylic acids is 1. The number of hydrogen-bond donors (Lipinski definition) is 1. The van der Waals surface area contributed by atoms with E-state index in [9.17, 15) is 18.7 Å². The lowest BCUT2D eigenvalue weighted by molar-refractivity contribution is -0.0494. The molecule has 0 saturated heterocycles. The van der Waals surface area contributed by atoms with Crippen molar-refractivity contribution in [1.82, 2.24) is 4.98 Å². The maximum atomic E-state index is 12.6. The van der Waals surface area contributed by atoms with Gasteiger partial charge in [0, 0.05) is 17.0 Å². The first-order chi connectivity index (χ1) is 12.0. The molecular formula is C18H13F2NO4. The fourth-order valence-corrected chi connectivity index (χ4v) is 2.53. The molecule has 0 amide bonds. The summed E-state index contributed by atoms with van der Waals surface area (Å²) in [6, 6.07) is 12.2. The van der Waals surface area contributed by atoms with Crippen molar-refractivity contribution in [2.24, 2.45) is 0 Å². The topological polar surface area (TPSA) is 68.7 Å². The number of methoxy groups -OCH3 is 1. The molecule has 25 heavy (non-hydrogen) atoms. The molecule has 0 fully saturated rings. The predicted octanol–water partition coefficient (Wildman–Crippen LogP) is 4.21. The van der Waals surface area contributed by atoms with Gasteiger partial charge < -0.3 is 14.6 Å². The van der Waals surface area contributed by atoms with Gasteiger partial charge in [-0.2, -0.15) is 8.78 Å². The number of aromatic carboxylic acids is 1. The zero-order chi connectivity index (χ0) is 18.0. The van der Waals surface area contributed by atoms with E-state index in [1.54, 1.807) is 30.3 Å². The summed E-state index contributed by atoms with van der Waals surface area (Å²) >= 11 is 0. The number of carbonyl (C=O) groups is 1. The van der Waals surface area contributed by atoms with Crippen LogP contribution in [0, 0.1) is 0 Å². The van der Waals surface area contributed by atoms with Crippen LogP contribution in [0.3, 0.4) is 0 Å². The van der Waals surface area contributed by atoms with Gasteiger partial charge >= 0.3 is 12.6 Å². The summed E-state index contributed by atoms with van der Waals surface area (Å²) < 4.78 is 34.9. The number of benzene rings is 2. The Morgan fingerprint density at radius 3 is 2.60 bits per heavy atom. The minimum atomic E-state index is -3.00. The summed E-state index contributed by atoms with van der Waals surface area (Å²) in [5.41, 5.74) is 0.875. The van der Waals surface area contributed by atoms with E-state index in [1.165, 1.54) is 25.3 Å². The molecule has 7 heteroatoms. The van der Waals surface area contributed by atoms with Crippen LogP contribution in [0.25, 0.3) is 22.2 Å². The Morgan fingerprint density at radius 1 is 1.16 bits per heavy atom. The molecule has 0 saturated carbocycles. The average Bonchev–Trinajstić information content (AvgIpc) is 2.60. The number of ether oxygens (including phenoxy) is 2. The van der Waals surface area contributed by atoms with E-state index >= 15 is 0 Å². The monoisotopic (exact) mass is 345 g/mol. The number of alkyl halides is 2. The van der Waals surface area contributed by atoms with Crippen LogP contribution in [0.1, 0.15) is 10.4 Å². The Hall–Kier alpha value is -3.22. The Kier molecular flexibility index (Phi) is 4.47. The minimum Gasteiger partial charge on any atom is -0.497 e. The second-order valence-corrected chi connectivity index (χ2v) is 5.12. The van der Waals surface area contributed by atoms with Crippen LogP contribution >= 0.6 is 0 Å². The highest BCUT2D eigenvalue weighted by Gasteiger charge is 2.17. The van der Waals surface area contributed by atoms with Gasteiger partial charge in [0.15, 0.2) is 0 Å². The third kappa shape index (κ3) is 3.35. The molecular weight excluding hydrogens is 332 g/mol. The number of para-hydroxylation sites is 1. The molecule has 3 aromatic rings. The van der Waals surface area contributed by atoms with Crippen molar-refractivity contribution in [3.05, 3.63) is 54.1 Å². The minimum absolute atomic E-state index is 0.00880. The maximum Gasteiger partial charge on any atom is 0.387 e. The fourth-order valence-electron chi connectivity index (χ4n) is 2.53. The number of hydrogen-bond acceptors (Lipinski definition) is 4. The van der Waals surface area contributed by atoms with Crippen molar-refractivity contribution in [1.29, 1.82) is 0 Å². The first kappa shape index (κ1) is 16.6. The number of rotatable bonds is 5. The van der Waals surface area contributed by atoms with E-state index in [0.717, 1.165) is 0 Å². The molecule has 128 valence electrons. The van der Waals surface area contributed by atoms with E-state index in [0.29, 0.717) is 16.7 Å². The van der Waals surface area contributed by atoms with Crippen LogP contribution in [-0.4, -0.2) is 29.8 Å². The summed E-state index contributed by atoms with van der Waals surface area (Å²) in [6.07, 6.45) is 0. The molecule has 0 aliphatic rings. The van der Waals surface area contributed by atoms with Crippen molar-refractivity contribution in [3.63, 3.8) is 0 Å². The Balaban J connectivity index is 2.25. The van der Waals surface area contributed by atoms with Crippen LogP contribution < -0.4 is 9.47 Å². The second-order valence-electron chi connectivity index (χ2n) is 5.12. The van der Waals surface area contributed by atoms with Crippen molar-refractivity contribution in [2.75, 3.05) is 7.11 Å². The molecule has 0 aliphatic carbocycles. The van der Waals surface area contributed by atoms with Crippen molar-refractivity contribution < 1.29 is 28.2 Å². The van der Waals surface area contributed by atoms with Gasteiger partial charge in [0.25, 0.3) is 0 Å². The quantitative estimate of drug-likeness (QED) is 0.750. The largest absolute Gasteiger partial charge is 0.497 e. The van der Waals surface area contributed by atoms with Gasteiger partial charge in [0.05, 0.1) is 23.9 Å². The lowest BCUT2D eigenvalue weighted by Crippen LogP contribution is -2.04. The highest BCUT2D eigenvalue weighted by molar-refractivity contribution is 6.04. The average molecular weight is 345 g/mol. The standard InChI is InChI=1S/C18H13F2NO4/c1-24-10-6-7-11-13(17(22)23)9-15(21-14(11)8-10)12-4-2-3-5-16(12)25-18(19)20/h2-9,18H,1H3,(H,22,23). The van der Waals surface area contributed by atoms with E-state index in [4.69, 9.17) is 4.74 Å². The van der Waals surface area contributed by atoms with Gasteiger partial charge in [-0.15, -0.1) is 0 Å². The summed E-state index contributed by atoms with van der Waals surface area (Å²) in [7, 11) is 1.48. The molecule has 0 radical (unpaired) electrons. The highest BCUT2D eigenvalue weighted by Crippen LogP contribution is 2.33. The van der Waals surface area contributed by atoms with Crippen molar-refractivity contribution in [3.8, 4) is 22.8 Å². The van der Waals surface area contributed by atoms with Gasteiger partial charge in [0.2, 0.25) is 0 Å². The first-order valence-electron chi connectivity index (χ1n) is 7.26. The van der Waals surface area contributed by atoms with Gasteiger partial charge in [0.1, 0.15) is 11.5 Å². The smallest absolute Gasteiger partial charge is 0.387 e. The Bertz CT molecular complexity index is 944. The molecule has 0 unspecified atom stereocenters. The van der Waals surface area contributed by atoms with Gasteiger partial charge in [-0.1, -0.05) is 12.1 Å². The summed E-state index contributed by atoms with van der Waals surface area (Å²) in [4.78, 5) is 16.0. The molecule has 1 N–H and O–H groups in total. The number of carboxylic acid groups (broad SMARTS) is 1. The van der Waals surface area contributed by atoms with Gasteiger partial charge in [-0.05, 0) is 30.3 Å². The van der Waals surface area contributed by atoms with Gasteiger partial charge in [-0.3, -0.25) is 0 Å². The number of nitrogens with zero attached hydrogens (tertiary/aromatic N) is 1. The number of aromatic nitrogens is 1. The van der Waals surface area contributed by atoms with Crippen LogP contribution in [-0.2, 0) is 0 Å². The summed E-state index contributed by atoms with van der Waals surface area (Å²) in [5, 5.41) is 9.91. The van der Waals surface area contributed by atoms with E-state index in [1.807, 2.05) is 0 Å². The Labute approximate surface area is 141 Å². The molecule has 3 rings (SSSR count). The summed E-state index contributed by atoms with van der Waals surface area (Å²) in [5.74, 6) is -0.722. The summed E-state index contributed by atoms with van der Waals surface area (Å²) in [6.45, 7) is -3.00. The predicted molar refractivity (Wildman–Crippen MR) is 87.3 cm³/mol. The van der Waals surface area contributed by atoms with Crippen LogP contribution in [0.2, 0.25) is 0 Å². The Morgan fingerprint density at radius 2 is 1.92 bits per heavy atom. The van der Waals surface area contributed by atoms with Crippen molar-refractivity contribution in [2.45, 2.75) is 6.61 Å². The van der Waals surface area contributed by atoms with Crippen LogP contribution in [0.4, 0.5) is 8.78 Å². The molecule has 2 aromatic carbocycles.